The van der Waals surface area contributed by atoms with E-state index in [4.69, 9.17) is 0 Å². The molecule has 0 aliphatic rings. The van der Waals surface area contributed by atoms with Crippen LogP contribution in [0.5, 0.6) is 0 Å². The molecule has 2 aromatic rings. The number of nitrogens with zero attached hydrogens (tertiary/aromatic N) is 2. The summed E-state index contributed by atoms with van der Waals surface area (Å²) in [6, 6.07) is 13.4. The largest absolute Gasteiger partial charge is 0.378 e. The smallest absolute Gasteiger partial charge is 0.256 e. The third-order valence-corrected chi connectivity index (χ3v) is 3.79. The fourth-order valence-corrected chi connectivity index (χ4v) is 2.57. The van der Waals surface area contributed by atoms with E-state index in [0.717, 1.165) is 17.7 Å². The fraction of sp³-hybridized carbons (Fsp3) is 0.316. The highest BCUT2D eigenvalue weighted by Crippen LogP contribution is 2.19. The second-order valence-electron chi connectivity index (χ2n) is 6.16. The molecule has 128 valence electrons. The Labute approximate surface area is 142 Å². The molecule has 5 heteroatoms. The first-order valence-corrected chi connectivity index (χ1v) is 7.78. The summed E-state index contributed by atoms with van der Waals surface area (Å²) in [5.74, 6) is -0.932. The molecule has 1 N–H and O–H groups in total. The topological polar surface area (TPSA) is 43.8 Å². The predicted molar refractivity (Wildman–Crippen MR) is 91.7 cm³/mol. The lowest BCUT2D eigenvalue weighted by molar-refractivity contribution is -0.139. The van der Waals surface area contributed by atoms with Gasteiger partial charge in [0.1, 0.15) is 5.82 Å². The van der Waals surface area contributed by atoms with Crippen LogP contribution in [-0.2, 0) is 17.9 Å². The van der Waals surface area contributed by atoms with E-state index in [-0.39, 0.29) is 5.56 Å². The van der Waals surface area contributed by atoms with Crippen LogP contribution < -0.4 is 0 Å². The molecule has 4 nitrogen and oxygen atoms in total. The lowest BCUT2D eigenvalue weighted by Crippen LogP contribution is -2.31. The Balaban J connectivity index is 2.12. The van der Waals surface area contributed by atoms with Gasteiger partial charge in [-0.25, -0.2) is 4.39 Å². The molecule has 0 unspecified atom stereocenters. The minimum absolute atomic E-state index is 0.258. The van der Waals surface area contributed by atoms with Crippen LogP contribution in [0.1, 0.15) is 22.8 Å². The maximum atomic E-state index is 13.3. The lowest BCUT2D eigenvalue weighted by Gasteiger charge is -2.23. The molecule has 24 heavy (non-hydrogen) atoms. The Kier molecular flexibility index (Phi) is 6.06. The number of halogens is 1. The van der Waals surface area contributed by atoms with Crippen molar-refractivity contribution >= 4 is 5.91 Å². The molecule has 0 aliphatic heterocycles. The highest BCUT2D eigenvalue weighted by Gasteiger charge is 2.22. The zero-order chi connectivity index (χ0) is 17.7. The fourth-order valence-electron chi connectivity index (χ4n) is 2.57. The Morgan fingerprint density at radius 1 is 1.04 bits per heavy atom. The molecule has 2 rings (SSSR count). The van der Waals surface area contributed by atoms with Gasteiger partial charge in [0.05, 0.1) is 0 Å². The first-order valence-electron chi connectivity index (χ1n) is 7.78. The highest BCUT2D eigenvalue weighted by molar-refractivity contribution is 5.81. The van der Waals surface area contributed by atoms with Crippen LogP contribution in [0.4, 0.5) is 4.39 Å². The van der Waals surface area contributed by atoms with Crippen molar-refractivity contribution in [2.24, 2.45) is 0 Å². The molecule has 0 fully saturated rings. The van der Waals surface area contributed by atoms with Crippen LogP contribution in [0.15, 0.2) is 48.5 Å². The summed E-state index contributed by atoms with van der Waals surface area (Å²) in [5.41, 5.74) is 2.41. The van der Waals surface area contributed by atoms with Crippen molar-refractivity contribution in [3.63, 3.8) is 0 Å². The lowest BCUT2D eigenvalue weighted by atomic mass is 10.1. The van der Waals surface area contributed by atoms with Gasteiger partial charge in [-0.1, -0.05) is 36.4 Å². The number of aliphatic hydroxyl groups is 1. The summed E-state index contributed by atoms with van der Waals surface area (Å²) in [6.45, 7) is 1.15. The van der Waals surface area contributed by atoms with E-state index in [1.165, 1.54) is 23.1 Å². The number of hydrogen-bond donors (Lipinski definition) is 1. The molecule has 0 spiro atoms. The molecule has 1 atom stereocenters. The van der Waals surface area contributed by atoms with Gasteiger partial charge in [-0.2, -0.15) is 0 Å². The number of carbonyl (C=O) groups is 1. The van der Waals surface area contributed by atoms with Gasteiger partial charge in [-0.15, -0.1) is 0 Å². The number of likely N-dealkylation sites (N-methyl/N-ethyl adjacent to an activating group) is 1. The van der Waals surface area contributed by atoms with Crippen molar-refractivity contribution in [2.75, 3.05) is 21.1 Å². The van der Waals surface area contributed by atoms with Gasteiger partial charge in [0, 0.05) is 20.1 Å². The quantitative estimate of drug-likeness (QED) is 0.885. The Hall–Kier alpha value is -2.24. The van der Waals surface area contributed by atoms with Crippen molar-refractivity contribution in [3.8, 4) is 0 Å². The van der Waals surface area contributed by atoms with Crippen molar-refractivity contribution < 1.29 is 14.3 Å². The molecule has 0 radical (unpaired) electrons. The van der Waals surface area contributed by atoms with Gasteiger partial charge in [0.2, 0.25) is 0 Å². The predicted octanol–water partition coefficient (Wildman–Crippen LogP) is 2.58. The molecule has 0 bridgehead atoms. The number of rotatable bonds is 6. The molecule has 1 amide bonds. The average Bonchev–Trinajstić information content (AvgIpc) is 2.54. The first kappa shape index (κ1) is 18.1. The monoisotopic (exact) mass is 330 g/mol. The molecule has 0 aromatic heterocycles. The van der Waals surface area contributed by atoms with Gasteiger partial charge in [-0.05, 0) is 42.9 Å². The summed E-state index contributed by atoms with van der Waals surface area (Å²) in [6.07, 6.45) is -1.37. The number of benzene rings is 2. The second kappa shape index (κ2) is 8.04. The number of carbonyl (C=O) groups excluding carboxylic acids is 1. The Morgan fingerprint density at radius 2 is 1.67 bits per heavy atom. The summed E-state index contributed by atoms with van der Waals surface area (Å²) >= 11 is 0. The van der Waals surface area contributed by atoms with Gasteiger partial charge >= 0.3 is 0 Å². The van der Waals surface area contributed by atoms with Gasteiger partial charge in [-0.3, -0.25) is 4.79 Å². The number of hydrogen-bond acceptors (Lipinski definition) is 3. The minimum Gasteiger partial charge on any atom is -0.378 e. The molecule has 0 heterocycles. The molecule has 0 aliphatic carbocycles. The molecular weight excluding hydrogens is 307 g/mol. The van der Waals surface area contributed by atoms with E-state index in [1.807, 2.05) is 38.4 Å². The van der Waals surface area contributed by atoms with E-state index in [2.05, 4.69) is 4.90 Å². The highest BCUT2D eigenvalue weighted by atomic mass is 19.1. The van der Waals surface area contributed by atoms with Gasteiger partial charge < -0.3 is 14.9 Å². The SMILES string of the molecule is CN(C)Cc1ccccc1CN(C)C(=O)[C@H](O)c1cccc(F)c1. The van der Waals surface area contributed by atoms with Crippen LogP contribution in [0.25, 0.3) is 0 Å². The van der Waals surface area contributed by atoms with E-state index in [1.54, 1.807) is 13.1 Å². The Bertz CT molecular complexity index is 703. The second-order valence-corrected chi connectivity index (χ2v) is 6.16. The molecule has 0 saturated heterocycles. The number of amides is 1. The summed E-state index contributed by atoms with van der Waals surface area (Å²) < 4.78 is 13.3. The normalized spacial score (nSPS) is 12.2. The van der Waals surface area contributed by atoms with E-state index < -0.39 is 17.8 Å². The average molecular weight is 330 g/mol. The van der Waals surface area contributed by atoms with Gasteiger partial charge in [0.25, 0.3) is 5.91 Å². The third kappa shape index (κ3) is 4.63. The van der Waals surface area contributed by atoms with Gasteiger partial charge in [0.15, 0.2) is 6.10 Å². The van der Waals surface area contributed by atoms with Crippen molar-refractivity contribution in [3.05, 3.63) is 71.0 Å². The van der Waals surface area contributed by atoms with Crippen LogP contribution >= 0.6 is 0 Å². The van der Waals surface area contributed by atoms with Crippen LogP contribution in [0.2, 0.25) is 0 Å². The molecule has 2 aromatic carbocycles. The van der Waals surface area contributed by atoms with E-state index >= 15 is 0 Å². The maximum Gasteiger partial charge on any atom is 0.256 e. The summed E-state index contributed by atoms with van der Waals surface area (Å²) in [4.78, 5) is 16.0. The standard InChI is InChI=1S/C19H23FN2O2/c1-21(2)12-15-7-4-5-8-16(15)13-22(3)19(24)18(23)14-9-6-10-17(20)11-14/h4-11,18,23H,12-13H2,1-3H3/t18-/m1/s1. The van der Waals surface area contributed by atoms with Crippen LogP contribution in [0, 0.1) is 5.82 Å². The van der Waals surface area contributed by atoms with Crippen molar-refractivity contribution in [1.29, 1.82) is 0 Å². The van der Waals surface area contributed by atoms with Crippen molar-refractivity contribution in [1.82, 2.24) is 9.80 Å². The molecular formula is C19H23FN2O2. The maximum absolute atomic E-state index is 13.3. The zero-order valence-electron chi connectivity index (χ0n) is 14.2. The minimum atomic E-state index is -1.37. The summed E-state index contributed by atoms with van der Waals surface area (Å²) in [7, 11) is 5.61. The van der Waals surface area contributed by atoms with Crippen molar-refractivity contribution in [2.45, 2.75) is 19.2 Å². The van der Waals surface area contributed by atoms with Crippen LogP contribution in [-0.4, -0.2) is 42.0 Å². The Morgan fingerprint density at radius 3 is 2.25 bits per heavy atom. The van der Waals surface area contributed by atoms with E-state index in [0.29, 0.717) is 6.54 Å². The van der Waals surface area contributed by atoms with E-state index in [9.17, 15) is 14.3 Å². The first-order chi connectivity index (χ1) is 11.4. The summed E-state index contributed by atoms with van der Waals surface area (Å²) in [5, 5.41) is 10.2. The van der Waals surface area contributed by atoms with Crippen LogP contribution in [0.3, 0.4) is 0 Å². The number of aliphatic hydroxyl groups excluding tert-OH is 1. The molecule has 0 saturated carbocycles. The third-order valence-electron chi connectivity index (χ3n) is 3.79. The zero-order valence-corrected chi connectivity index (χ0v) is 14.2.